The zero-order chi connectivity index (χ0) is 18.5. The second-order valence-electron chi connectivity index (χ2n) is 7.32. The van der Waals surface area contributed by atoms with E-state index in [0.717, 1.165) is 56.8 Å². The smallest absolute Gasteiger partial charge is 0.319 e. The number of aryl methyl sites for hydroxylation is 1. The van der Waals surface area contributed by atoms with Gasteiger partial charge in [-0.2, -0.15) is 0 Å². The molecular weight excluding hydrogens is 346 g/mol. The lowest BCUT2D eigenvalue weighted by atomic mass is 10.1. The van der Waals surface area contributed by atoms with Gasteiger partial charge in [-0.3, -0.25) is 4.79 Å². The predicted octanol–water partition coefficient (Wildman–Crippen LogP) is 3.27. The summed E-state index contributed by atoms with van der Waals surface area (Å²) in [6.07, 6.45) is 3.92. The SMILES string of the molecule is Cc1ccc(S[C@H](C)C(=O)NC2CCN(C(=O)N3CCCC3)CC2)cc1. The molecule has 0 saturated carbocycles. The Labute approximate surface area is 160 Å². The molecule has 0 unspecified atom stereocenters. The van der Waals surface area contributed by atoms with Crippen LogP contribution in [0.3, 0.4) is 0 Å². The van der Waals surface area contributed by atoms with E-state index in [9.17, 15) is 9.59 Å². The number of amides is 3. The van der Waals surface area contributed by atoms with Crippen LogP contribution in [0.25, 0.3) is 0 Å². The number of benzene rings is 1. The van der Waals surface area contributed by atoms with E-state index in [1.54, 1.807) is 11.8 Å². The molecule has 0 bridgehead atoms. The summed E-state index contributed by atoms with van der Waals surface area (Å²) in [4.78, 5) is 29.9. The fraction of sp³-hybridized carbons (Fsp3) is 0.600. The Morgan fingerprint density at radius 3 is 2.23 bits per heavy atom. The number of likely N-dealkylation sites (tertiary alicyclic amines) is 2. The first-order valence-electron chi connectivity index (χ1n) is 9.60. The van der Waals surface area contributed by atoms with Gasteiger partial charge in [-0.25, -0.2) is 4.79 Å². The Kier molecular flexibility index (Phi) is 6.46. The molecule has 3 amide bonds. The Morgan fingerprint density at radius 1 is 1.04 bits per heavy atom. The molecule has 2 fully saturated rings. The van der Waals surface area contributed by atoms with Crippen LogP contribution in [0.15, 0.2) is 29.2 Å². The second kappa shape index (κ2) is 8.80. The second-order valence-corrected chi connectivity index (χ2v) is 8.73. The van der Waals surface area contributed by atoms with Crippen LogP contribution in [0.5, 0.6) is 0 Å². The zero-order valence-corrected chi connectivity index (χ0v) is 16.6. The number of hydrogen-bond donors (Lipinski definition) is 1. The average molecular weight is 376 g/mol. The minimum absolute atomic E-state index is 0.0832. The molecule has 1 aromatic carbocycles. The van der Waals surface area contributed by atoms with E-state index >= 15 is 0 Å². The molecular formula is C20H29N3O2S. The van der Waals surface area contributed by atoms with Crippen molar-refractivity contribution in [2.75, 3.05) is 26.2 Å². The molecule has 1 atom stereocenters. The first-order valence-corrected chi connectivity index (χ1v) is 10.5. The summed E-state index contributed by atoms with van der Waals surface area (Å²) >= 11 is 1.59. The first kappa shape index (κ1) is 19.1. The molecule has 0 aliphatic carbocycles. The van der Waals surface area contributed by atoms with Crippen LogP contribution in [0.1, 0.15) is 38.2 Å². The lowest BCUT2D eigenvalue weighted by Gasteiger charge is -2.35. The van der Waals surface area contributed by atoms with Crippen LogP contribution >= 0.6 is 11.8 Å². The lowest BCUT2D eigenvalue weighted by molar-refractivity contribution is -0.121. The van der Waals surface area contributed by atoms with E-state index in [1.165, 1.54) is 5.56 Å². The normalized spacial score (nSPS) is 19.5. The van der Waals surface area contributed by atoms with Crippen LogP contribution in [-0.2, 0) is 4.79 Å². The molecule has 0 spiro atoms. The molecule has 1 N–H and O–H groups in total. The van der Waals surface area contributed by atoms with Gasteiger partial charge in [-0.15, -0.1) is 11.8 Å². The summed E-state index contributed by atoms with van der Waals surface area (Å²) in [7, 11) is 0. The molecule has 6 heteroatoms. The third-order valence-corrected chi connectivity index (χ3v) is 6.30. The highest BCUT2D eigenvalue weighted by Crippen LogP contribution is 2.24. The molecule has 2 saturated heterocycles. The Morgan fingerprint density at radius 2 is 1.62 bits per heavy atom. The highest BCUT2D eigenvalue weighted by Gasteiger charge is 2.29. The van der Waals surface area contributed by atoms with Crippen molar-refractivity contribution in [3.05, 3.63) is 29.8 Å². The maximum Gasteiger partial charge on any atom is 0.319 e. The molecule has 3 rings (SSSR count). The Bertz CT molecular complexity index is 620. The molecule has 142 valence electrons. The molecule has 2 aliphatic rings. The van der Waals surface area contributed by atoms with Crippen molar-refractivity contribution >= 4 is 23.7 Å². The summed E-state index contributed by atoms with van der Waals surface area (Å²) in [5.41, 5.74) is 1.22. The van der Waals surface area contributed by atoms with Crippen LogP contribution in [0.2, 0.25) is 0 Å². The fourth-order valence-electron chi connectivity index (χ4n) is 3.52. The van der Waals surface area contributed by atoms with Gasteiger partial charge in [-0.1, -0.05) is 17.7 Å². The molecule has 2 heterocycles. The quantitative estimate of drug-likeness (QED) is 0.822. The van der Waals surface area contributed by atoms with Crippen molar-refractivity contribution in [3.8, 4) is 0 Å². The van der Waals surface area contributed by atoms with Crippen molar-refractivity contribution in [1.29, 1.82) is 0 Å². The third-order valence-electron chi connectivity index (χ3n) is 5.19. The van der Waals surface area contributed by atoms with Gasteiger partial charge in [0, 0.05) is 37.1 Å². The van der Waals surface area contributed by atoms with E-state index in [2.05, 4.69) is 36.5 Å². The van der Waals surface area contributed by atoms with Gasteiger partial charge in [0.05, 0.1) is 5.25 Å². The predicted molar refractivity (Wildman–Crippen MR) is 105 cm³/mol. The maximum absolute atomic E-state index is 12.5. The van der Waals surface area contributed by atoms with Gasteiger partial charge in [0.25, 0.3) is 0 Å². The number of hydrogen-bond acceptors (Lipinski definition) is 3. The number of nitrogens with one attached hydrogen (secondary N) is 1. The van der Waals surface area contributed by atoms with Crippen molar-refractivity contribution in [2.45, 2.75) is 55.7 Å². The van der Waals surface area contributed by atoms with Crippen molar-refractivity contribution < 1.29 is 9.59 Å². The number of carbonyl (C=O) groups is 2. The van der Waals surface area contributed by atoms with E-state index in [4.69, 9.17) is 0 Å². The monoisotopic (exact) mass is 375 g/mol. The van der Waals surface area contributed by atoms with Gasteiger partial charge < -0.3 is 15.1 Å². The van der Waals surface area contributed by atoms with Crippen molar-refractivity contribution in [3.63, 3.8) is 0 Å². The molecule has 0 radical (unpaired) electrons. The number of carbonyl (C=O) groups excluding carboxylic acids is 2. The Hall–Kier alpha value is -1.69. The molecule has 5 nitrogen and oxygen atoms in total. The zero-order valence-electron chi connectivity index (χ0n) is 15.7. The van der Waals surface area contributed by atoms with Gasteiger partial charge >= 0.3 is 6.03 Å². The van der Waals surface area contributed by atoms with Crippen LogP contribution in [0.4, 0.5) is 4.79 Å². The minimum Gasteiger partial charge on any atom is -0.352 e. The number of thioether (sulfide) groups is 1. The van der Waals surface area contributed by atoms with Gasteiger partial charge in [0.1, 0.15) is 0 Å². The largest absolute Gasteiger partial charge is 0.352 e. The van der Waals surface area contributed by atoms with E-state index < -0.39 is 0 Å². The van der Waals surface area contributed by atoms with Crippen LogP contribution < -0.4 is 5.32 Å². The molecule has 0 aromatic heterocycles. The lowest BCUT2D eigenvalue weighted by Crippen LogP contribution is -2.50. The van der Waals surface area contributed by atoms with E-state index in [0.29, 0.717) is 0 Å². The maximum atomic E-state index is 12.5. The third kappa shape index (κ3) is 4.93. The number of urea groups is 1. The van der Waals surface area contributed by atoms with Crippen LogP contribution in [-0.4, -0.2) is 59.2 Å². The first-order chi connectivity index (χ1) is 12.5. The molecule has 1 aromatic rings. The minimum atomic E-state index is -0.123. The topological polar surface area (TPSA) is 52.7 Å². The average Bonchev–Trinajstić information content (AvgIpc) is 3.18. The van der Waals surface area contributed by atoms with Gasteiger partial charge in [0.15, 0.2) is 0 Å². The fourth-order valence-corrected chi connectivity index (χ4v) is 4.39. The van der Waals surface area contributed by atoms with Crippen LogP contribution in [0, 0.1) is 6.92 Å². The standard InChI is InChI=1S/C20H29N3O2S/c1-15-5-7-18(8-6-15)26-16(2)19(24)21-17-9-13-23(14-10-17)20(25)22-11-3-4-12-22/h5-8,16-17H,3-4,9-14H2,1-2H3,(H,21,24)/t16-/m1/s1. The molecule has 2 aliphatic heterocycles. The number of piperidine rings is 1. The summed E-state index contributed by atoms with van der Waals surface area (Å²) in [5, 5.41) is 3.04. The van der Waals surface area contributed by atoms with E-state index in [1.807, 2.05) is 16.7 Å². The molecule has 26 heavy (non-hydrogen) atoms. The van der Waals surface area contributed by atoms with E-state index in [-0.39, 0.29) is 23.2 Å². The highest BCUT2D eigenvalue weighted by molar-refractivity contribution is 8.00. The summed E-state index contributed by atoms with van der Waals surface area (Å²) < 4.78 is 0. The highest BCUT2D eigenvalue weighted by atomic mass is 32.2. The number of rotatable bonds is 4. The summed E-state index contributed by atoms with van der Waals surface area (Å²) in [5.74, 6) is 0.0832. The van der Waals surface area contributed by atoms with Crippen molar-refractivity contribution in [1.82, 2.24) is 15.1 Å². The summed E-state index contributed by atoms with van der Waals surface area (Å²) in [6.45, 7) is 7.27. The Balaban J connectivity index is 1.42. The summed E-state index contributed by atoms with van der Waals surface area (Å²) in [6, 6.07) is 8.61. The van der Waals surface area contributed by atoms with Crippen molar-refractivity contribution in [2.24, 2.45) is 0 Å². The van der Waals surface area contributed by atoms with Gasteiger partial charge in [0.2, 0.25) is 5.91 Å². The van der Waals surface area contributed by atoms with Gasteiger partial charge in [-0.05, 0) is 51.7 Å². The number of nitrogens with zero attached hydrogens (tertiary/aromatic N) is 2.